The minimum atomic E-state index is -0.285. The van der Waals surface area contributed by atoms with Crippen LogP contribution in [0.15, 0.2) is 17.2 Å². The summed E-state index contributed by atoms with van der Waals surface area (Å²) in [6, 6.07) is 1.39. The van der Waals surface area contributed by atoms with Crippen molar-refractivity contribution in [2.45, 2.75) is 26.7 Å². The smallest absolute Gasteiger partial charge is 0.256 e. The molecule has 1 atom stereocenters. The molecular weight excluding hydrogens is 280 g/mol. The van der Waals surface area contributed by atoms with Crippen LogP contribution < -0.4 is 5.56 Å². The molecule has 2 aromatic rings. The van der Waals surface area contributed by atoms with E-state index >= 15 is 0 Å². The van der Waals surface area contributed by atoms with Crippen molar-refractivity contribution in [3.8, 4) is 0 Å². The van der Waals surface area contributed by atoms with Crippen LogP contribution in [0.4, 0.5) is 0 Å². The topological polar surface area (TPSA) is 71.0 Å². The highest BCUT2D eigenvalue weighted by Gasteiger charge is 2.29. The third-order valence-corrected chi connectivity index (χ3v) is 4.32. The fourth-order valence-corrected chi connectivity index (χ4v) is 3.40. The molecule has 2 aromatic heterocycles. The van der Waals surface area contributed by atoms with Gasteiger partial charge in [-0.3, -0.25) is 9.59 Å². The molecule has 6 nitrogen and oxygen atoms in total. The summed E-state index contributed by atoms with van der Waals surface area (Å²) in [5.74, 6) is 1.14. The van der Waals surface area contributed by atoms with Gasteiger partial charge in [0.2, 0.25) is 5.56 Å². The Bertz CT molecular complexity index is 759. The molecule has 1 N–H and O–H groups in total. The first-order chi connectivity index (χ1) is 10.5. The van der Waals surface area contributed by atoms with E-state index in [1.54, 1.807) is 10.9 Å². The molecule has 0 aromatic carbocycles. The molecule has 0 spiro atoms. The van der Waals surface area contributed by atoms with Gasteiger partial charge in [-0.15, -0.1) is 0 Å². The summed E-state index contributed by atoms with van der Waals surface area (Å²) in [4.78, 5) is 33.3. The van der Waals surface area contributed by atoms with Crippen LogP contribution in [0.5, 0.6) is 0 Å². The second-order valence-electron chi connectivity index (χ2n) is 6.64. The van der Waals surface area contributed by atoms with E-state index in [1.165, 1.54) is 6.07 Å². The Balaban J connectivity index is 1.90. The highest BCUT2D eigenvalue weighted by molar-refractivity contribution is 6.04. The molecule has 0 aliphatic carbocycles. The zero-order valence-electron chi connectivity index (χ0n) is 13.3. The molecule has 118 valence electrons. The van der Waals surface area contributed by atoms with Crippen LogP contribution in [0, 0.1) is 11.8 Å². The maximum absolute atomic E-state index is 12.8. The summed E-state index contributed by atoms with van der Waals surface area (Å²) >= 11 is 0. The van der Waals surface area contributed by atoms with Gasteiger partial charge in [0.1, 0.15) is 0 Å². The van der Waals surface area contributed by atoms with Gasteiger partial charge in [-0.2, -0.15) is 0 Å². The lowest BCUT2D eigenvalue weighted by molar-refractivity contribution is 0.0787. The van der Waals surface area contributed by atoms with E-state index in [1.807, 2.05) is 11.9 Å². The number of carbonyl (C=O) groups excluding carboxylic acids is 1. The highest BCUT2D eigenvalue weighted by atomic mass is 16.2. The van der Waals surface area contributed by atoms with E-state index in [9.17, 15) is 9.59 Å². The molecule has 0 radical (unpaired) electrons. The fraction of sp³-hybridized carbons (Fsp3) is 0.562. The minimum absolute atomic E-state index is 0.0639. The van der Waals surface area contributed by atoms with Crippen LogP contribution in [0.25, 0.3) is 11.2 Å². The van der Waals surface area contributed by atoms with E-state index in [4.69, 9.17) is 0 Å². The third-order valence-electron chi connectivity index (χ3n) is 4.32. The number of likely N-dealkylation sites (tertiary alicyclic amines) is 1. The van der Waals surface area contributed by atoms with Gasteiger partial charge in [-0.1, -0.05) is 13.8 Å². The number of carbonyl (C=O) groups is 1. The van der Waals surface area contributed by atoms with E-state index in [0.29, 0.717) is 28.6 Å². The summed E-state index contributed by atoms with van der Waals surface area (Å²) in [6.07, 6.45) is 3.80. The molecule has 1 saturated heterocycles. The average Bonchev–Trinajstić information content (AvgIpc) is 3.04. The number of aryl methyl sites for hydroxylation is 1. The molecule has 22 heavy (non-hydrogen) atoms. The lowest BCUT2D eigenvalue weighted by Crippen LogP contribution is -2.30. The number of hydrogen-bond acceptors (Lipinski definition) is 3. The second-order valence-corrected chi connectivity index (χ2v) is 6.64. The van der Waals surface area contributed by atoms with Crippen LogP contribution in [0.3, 0.4) is 0 Å². The van der Waals surface area contributed by atoms with Crippen molar-refractivity contribution < 1.29 is 4.79 Å². The van der Waals surface area contributed by atoms with Gasteiger partial charge < -0.3 is 14.5 Å². The van der Waals surface area contributed by atoms with Gasteiger partial charge in [-0.25, -0.2) is 4.98 Å². The molecule has 1 fully saturated rings. The molecular formula is C16H22N4O2. The number of amides is 1. The predicted octanol–water partition coefficient (Wildman–Crippen LogP) is 1.77. The van der Waals surface area contributed by atoms with Crippen LogP contribution in [-0.2, 0) is 7.05 Å². The monoisotopic (exact) mass is 302 g/mol. The van der Waals surface area contributed by atoms with Gasteiger partial charge in [0.05, 0.1) is 17.4 Å². The summed E-state index contributed by atoms with van der Waals surface area (Å²) < 4.78 is 1.78. The van der Waals surface area contributed by atoms with Crippen molar-refractivity contribution in [2.75, 3.05) is 13.1 Å². The Morgan fingerprint density at radius 3 is 3.00 bits per heavy atom. The van der Waals surface area contributed by atoms with Gasteiger partial charge in [0.25, 0.3) is 5.91 Å². The van der Waals surface area contributed by atoms with Crippen molar-refractivity contribution in [1.82, 2.24) is 19.4 Å². The molecule has 3 heterocycles. The first-order valence-electron chi connectivity index (χ1n) is 7.79. The van der Waals surface area contributed by atoms with Crippen LogP contribution in [-0.4, -0.2) is 38.4 Å². The summed E-state index contributed by atoms with van der Waals surface area (Å²) in [7, 11) is 1.83. The zero-order valence-corrected chi connectivity index (χ0v) is 13.3. The van der Waals surface area contributed by atoms with Crippen molar-refractivity contribution in [1.29, 1.82) is 0 Å². The number of hydrogen-bond donors (Lipinski definition) is 1. The van der Waals surface area contributed by atoms with E-state index in [0.717, 1.165) is 25.9 Å². The quantitative estimate of drug-likeness (QED) is 0.939. The standard InChI is InChI=1S/C16H22N4O2/c1-10(2)6-11-4-5-20(8-11)16(22)12-7-13(21)18-15-14(12)19(3)9-17-15/h7,9-11H,4-6,8H2,1-3H3,(H,18,21). The summed E-state index contributed by atoms with van der Waals surface area (Å²) in [5.41, 5.74) is 1.32. The Morgan fingerprint density at radius 2 is 2.27 bits per heavy atom. The SMILES string of the molecule is CC(C)CC1CCN(C(=O)c2cc(=O)[nH]c3ncn(C)c23)C1. The van der Waals surface area contributed by atoms with Crippen molar-refractivity contribution in [2.24, 2.45) is 18.9 Å². The maximum Gasteiger partial charge on any atom is 0.256 e. The molecule has 1 amide bonds. The first kappa shape index (κ1) is 14.8. The molecule has 0 saturated carbocycles. The first-order valence-corrected chi connectivity index (χ1v) is 7.79. The minimum Gasteiger partial charge on any atom is -0.338 e. The van der Waals surface area contributed by atoms with Crippen LogP contribution in [0.1, 0.15) is 37.0 Å². The van der Waals surface area contributed by atoms with Crippen molar-refractivity contribution >= 4 is 17.1 Å². The number of rotatable bonds is 3. The Labute approximate surface area is 129 Å². The van der Waals surface area contributed by atoms with Gasteiger partial charge in [0.15, 0.2) is 5.65 Å². The number of fused-ring (bicyclic) bond motifs is 1. The Morgan fingerprint density at radius 1 is 1.50 bits per heavy atom. The number of H-pyrrole nitrogens is 1. The van der Waals surface area contributed by atoms with Crippen LogP contribution in [0.2, 0.25) is 0 Å². The third kappa shape index (κ3) is 2.65. The van der Waals surface area contributed by atoms with Gasteiger partial charge >= 0.3 is 0 Å². The summed E-state index contributed by atoms with van der Waals surface area (Å²) in [5, 5.41) is 0. The van der Waals surface area contributed by atoms with Gasteiger partial charge in [-0.05, 0) is 24.7 Å². The molecule has 1 aliphatic rings. The van der Waals surface area contributed by atoms with E-state index in [2.05, 4.69) is 23.8 Å². The number of aromatic nitrogens is 3. The number of aromatic amines is 1. The number of imidazole rings is 1. The number of pyridine rings is 1. The largest absolute Gasteiger partial charge is 0.338 e. The molecule has 6 heteroatoms. The normalized spacial score (nSPS) is 18.5. The average molecular weight is 302 g/mol. The summed E-state index contributed by atoms with van der Waals surface area (Å²) in [6.45, 7) is 5.96. The molecule has 1 aliphatic heterocycles. The Kier molecular flexibility index (Phi) is 3.76. The molecule has 3 rings (SSSR count). The van der Waals surface area contributed by atoms with E-state index in [-0.39, 0.29) is 11.5 Å². The lowest BCUT2D eigenvalue weighted by atomic mass is 9.97. The van der Waals surface area contributed by atoms with Crippen molar-refractivity contribution in [3.63, 3.8) is 0 Å². The second kappa shape index (κ2) is 5.59. The predicted molar refractivity (Wildman–Crippen MR) is 84.8 cm³/mol. The lowest BCUT2D eigenvalue weighted by Gasteiger charge is -2.18. The molecule has 1 unspecified atom stereocenters. The maximum atomic E-state index is 12.8. The van der Waals surface area contributed by atoms with E-state index < -0.39 is 0 Å². The fourth-order valence-electron chi connectivity index (χ4n) is 3.40. The van der Waals surface area contributed by atoms with Gasteiger partial charge in [0, 0.05) is 26.2 Å². The van der Waals surface area contributed by atoms with Crippen molar-refractivity contribution in [3.05, 3.63) is 28.3 Å². The number of nitrogens with zero attached hydrogens (tertiary/aromatic N) is 3. The molecule has 0 bridgehead atoms. The van der Waals surface area contributed by atoms with Crippen LogP contribution >= 0.6 is 0 Å². The zero-order chi connectivity index (χ0) is 15.9. The number of nitrogens with one attached hydrogen (secondary N) is 1. The Hall–Kier alpha value is -2.11. The highest BCUT2D eigenvalue weighted by Crippen LogP contribution is 2.25.